The average Bonchev–Trinajstić information content (AvgIpc) is 2.41. The van der Waals surface area contributed by atoms with E-state index >= 15 is 0 Å². The molecule has 0 aliphatic rings. The van der Waals surface area contributed by atoms with E-state index in [1.54, 1.807) is 0 Å². The molecule has 0 saturated carbocycles. The summed E-state index contributed by atoms with van der Waals surface area (Å²) in [5, 5.41) is 11.4. The Kier molecular flexibility index (Phi) is 4.59. The maximum Gasteiger partial charge on any atom is 0.337 e. The molecule has 0 spiro atoms. The van der Waals surface area contributed by atoms with Gasteiger partial charge in [-0.15, -0.1) is 0 Å². The van der Waals surface area contributed by atoms with E-state index in [-0.39, 0.29) is 16.1 Å². The van der Waals surface area contributed by atoms with Crippen LogP contribution in [0, 0.1) is 5.82 Å². The van der Waals surface area contributed by atoms with Gasteiger partial charge >= 0.3 is 5.97 Å². The van der Waals surface area contributed by atoms with E-state index in [1.165, 1.54) is 30.3 Å². The second-order valence-electron chi connectivity index (χ2n) is 4.08. The van der Waals surface area contributed by atoms with Crippen molar-refractivity contribution in [2.45, 2.75) is 0 Å². The van der Waals surface area contributed by atoms with Gasteiger partial charge in [-0.1, -0.05) is 11.6 Å². The third-order valence-electron chi connectivity index (χ3n) is 2.63. The maximum absolute atomic E-state index is 13.2. The molecule has 108 valence electrons. The topological polar surface area (TPSA) is 66.4 Å². The molecule has 0 fully saturated rings. The number of carboxylic acid groups (broad SMARTS) is 1. The zero-order chi connectivity index (χ0) is 15.6. The highest BCUT2D eigenvalue weighted by molar-refractivity contribution is 9.10. The van der Waals surface area contributed by atoms with Gasteiger partial charge in [-0.3, -0.25) is 4.79 Å². The zero-order valence-corrected chi connectivity index (χ0v) is 12.7. The van der Waals surface area contributed by atoms with Gasteiger partial charge in [0.2, 0.25) is 0 Å². The van der Waals surface area contributed by atoms with E-state index < -0.39 is 17.7 Å². The molecule has 2 N–H and O–H groups in total. The third kappa shape index (κ3) is 3.59. The summed E-state index contributed by atoms with van der Waals surface area (Å²) in [6.07, 6.45) is 0. The van der Waals surface area contributed by atoms with E-state index in [1.807, 2.05) is 0 Å². The highest BCUT2D eigenvalue weighted by atomic mass is 79.9. The lowest BCUT2D eigenvalue weighted by Gasteiger charge is -2.08. The summed E-state index contributed by atoms with van der Waals surface area (Å²) in [7, 11) is 0. The number of carbonyl (C=O) groups excluding carboxylic acids is 1. The molecule has 4 nitrogen and oxygen atoms in total. The smallest absolute Gasteiger partial charge is 0.337 e. The number of aromatic carboxylic acids is 1. The first-order valence-corrected chi connectivity index (χ1v) is 6.85. The number of hydrogen-bond acceptors (Lipinski definition) is 2. The Morgan fingerprint density at radius 3 is 2.48 bits per heavy atom. The Labute approximate surface area is 132 Å². The summed E-state index contributed by atoms with van der Waals surface area (Å²) >= 11 is 8.97. The number of amides is 1. The average molecular weight is 373 g/mol. The Morgan fingerprint density at radius 2 is 1.86 bits per heavy atom. The van der Waals surface area contributed by atoms with Crippen LogP contribution in [0.15, 0.2) is 40.9 Å². The van der Waals surface area contributed by atoms with Gasteiger partial charge in [-0.2, -0.15) is 0 Å². The molecule has 0 saturated heterocycles. The van der Waals surface area contributed by atoms with Crippen molar-refractivity contribution in [2.24, 2.45) is 0 Å². The number of halogens is 3. The normalized spacial score (nSPS) is 10.2. The van der Waals surface area contributed by atoms with Crippen molar-refractivity contribution in [1.82, 2.24) is 0 Å². The molecular weight excluding hydrogens is 365 g/mol. The molecule has 7 heteroatoms. The van der Waals surface area contributed by atoms with Gasteiger partial charge in [0.25, 0.3) is 5.91 Å². The molecule has 0 aliphatic heterocycles. The van der Waals surface area contributed by atoms with E-state index in [4.69, 9.17) is 16.7 Å². The van der Waals surface area contributed by atoms with Gasteiger partial charge in [0, 0.05) is 10.2 Å². The van der Waals surface area contributed by atoms with Crippen molar-refractivity contribution in [2.75, 3.05) is 5.32 Å². The Morgan fingerprint density at radius 1 is 1.14 bits per heavy atom. The predicted molar refractivity (Wildman–Crippen MR) is 80.5 cm³/mol. The fourth-order valence-corrected chi connectivity index (χ4v) is 2.32. The lowest BCUT2D eigenvalue weighted by Crippen LogP contribution is -2.13. The molecule has 1 amide bonds. The van der Waals surface area contributed by atoms with Gasteiger partial charge < -0.3 is 10.4 Å². The molecule has 0 unspecified atom stereocenters. The fourth-order valence-electron chi connectivity index (χ4n) is 1.64. The molecule has 0 aromatic heterocycles. The number of carbonyl (C=O) groups is 2. The van der Waals surface area contributed by atoms with Crippen molar-refractivity contribution in [3.63, 3.8) is 0 Å². The summed E-state index contributed by atoms with van der Waals surface area (Å²) in [6, 6.07) is 7.73. The number of hydrogen-bond donors (Lipinski definition) is 2. The van der Waals surface area contributed by atoms with Crippen LogP contribution in [0.2, 0.25) is 5.02 Å². The van der Waals surface area contributed by atoms with Crippen molar-refractivity contribution >= 4 is 45.1 Å². The van der Waals surface area contributed by atoms with Crippen molar-refractivity contribution in [3.05, 3.63) is 62.8 Å². The van der Waals surface area contributed by atoms with E-state index in [0.717, 1.165) is 6.07 Å². The van der Waals surface area contributed by atoms with Crippen molar-refractivity contribution in [3.8, 4) is 0 Å². The highest BCUT2D eigenvalue weighted by Crippen LogP contribution is 2.23. The van der Waals surface area contributed by atoms with Crippen molar-refractivity contribution < 1.29 is 19.1 Å². The Bertz CT molecular complexity index is 736. The fraction of sp³-hybridized carbons (Fsp3) is 0. The van der Waals surface area contributed by atoms with Gasteiger partial charge in [-0.25, -0.2) is 9.18 Å². The molecule has 2 aromatic carbocycles. The minimum atomic E-state index is -1.16. The molecular formula is C14H8BrClFNO3. The molecule has 2 aromatic rings. The molecule has 0 atom stereocenters. The predicted octanol–water partition coefficient (Wildman–Crippen LogP) is 4.19. The van der Waals surface area contributed by atoms with Crippen LogP contribution in [-0.2, 0) is 0 Å². The second kappa shape index (κ2) is 6.24. The minimum absolute atomic E-state index is 0.00129. The monoisotopic (exact) mass is 371 g/mol. The van der Waals surface area contributed by atoms with Crippen LogP contribution < -0.4 is 5.32 Å². The third-order valence-corrected chi connectivity index (χ3v) is 3.63. The van der Waals surface area contributed by atoms with E-state index in [2.05, 4.69) is 21.2 Å². The maximum atomic E-state index is 13.2. The Hall–Kier alpha value is -1.92. The molecule has 0 heterocycles. The van der Waals surface area contributed by atoms with E-state index in [0.29, 0.717) is 10.2 Å². The lowest BCUT2D eigenvalue weighted by molar-refractivity contribution is 0.0697. The van der Waals surface area contributed by atoms with Crippen LogP contribution in [0.3, 0.4) is 0 Å². The Balaban J connectivity index is 2.26. The van der Waals surface area contributed by atoms with Crippen LogP contribution in [0.25, 0.3) is 0 Å². The summed E-state index contributed by atoms with van der Waals surface area (Å²) in [5.41, 5.74) is 0.362. The first-order chi connectivity index (χ1) is 9.88. The number of nitrogens with one attached hydrogen (secondary N) is 1. The summed E-state index contributed by atoms with van der Waals surface area (Å²) in [4.78, 5) is 22.9. The van der Waals surface area contributed by atoms with Gasteiger partial charge in [-0.05, 0) is 52.3 Å². The molecule has 0 aliphatic carbocycles. The number of carboxylic acids is 1. The second-order valence-corrected chi connectivity index (χ2v) is 5.34. The SMILES string of the molecule is O=C(O)c1ccc(NC(=O)c2cc(F)ccc2Br)cc1Cl. The number of anilines is 1. The van der Waals surface area contributed by atoms with Crippen LogP contribution in [-0.4, -0.2) is 17.0 Å². The molecule has 0 radical (unpaired) electrons. The van der Waals surface area contributed by atoms with Crippen LogP contribution in [0.4, 0.5) is 10.1 Å². The van der Waals surface area contributed by atoms with Crippen molar-refractivity contribution in [1.29, 1.82) is 0 Å². The lowest BCUT2D eigenvalue weighted by atomic mass is 10.1. The van der Waals surface area contributed by atoms with Crippen LogP contribution in [0.1, 0.15) is 20.7 Å². The molecule has 2 rings (SSSR count). The quantitative estimate of drug-likeness (QED) is 0.849. The van der Waals surface area contributed by atoms with Gasteiger partial charge in [0.15, 0.2) is 0 Å². The van der Waals surface area contributed by atoms with Gasteiger partial charge in [0.05, 0.1) is 16.1 Å². The molecule has 0 bridgehead atoms. The largest absolute Gasteiger partial charge is 0.478 e. The summed E-state index contributed by atoms with van der Waals surface area (Å²) < 4.78 is 13.6. The number of benzene rings is 2. The minimum Gasteiger partial charge on any atom is -0.478 e. The molecule has 21 heavy (non-hydrogen) atoms. The highest BCUT2D eigenvalue weighted by Gasteiger charge is 2.13. The standard InChI is InChI=1S/C14H8BrClFNO3/c15-11-4-1-7(17)5-10(11)13(19)18-8-2-3-9(14(20)21)12(16)6-8/h1-6H,(H,18,19)(H,20,21). The first-order valence-electron chi connectivity index (χ1n) is 5.67. The number of rotatable bonds is 3. The summed E-state index contributed by atoms with van der Waals surface area (Å²) in [6.45, 7) is 0. The van der Waals surface area contributed by atoms with Crippen LogP contribution in [0.5, 0.6) is 0 Å². The van der Waals surface area contributed by atoms with Gasteiger partial charge in [0.1, 0.15) is 5.82 Å². The first kappa shape index (κ1) is 15.5. The van der Waals surface area contributed by atoms with Crippen LogP contribution >= 0.6 is 27.5 Å². The van der Waals surface area contributed by atoms with E-state index in [9.17, 15) is 14.0 Å². The summed E-state index contributed by atoms with van der Waals surface area (Å²) in [5.74, 6) is -2.24. The zero-order valence-electron chi connectivity index (χ0n) is 10.4.